The van der Waals surface area contributed by atoms with Crippen LogP contribution in [0.25, 0.3) is 11.4 Å². The van der Waals surface area contributed by atoms with Gasteiger partial charge in [0.2, 0.25) is 11.1 Å². The number of aromatic amines is 1. The smallest absolute Gasteiger partial charge is 0.233 e. The maximum Gasteiger partial charge on any atom is 0.233 e. The van der Waals surface area contributed by atoms with Gasteiger partial charge < -0.3 is 14.5 Å². The van der Waals surface area contributed by atoms with Crippen LogP contribution in [0.15, 0.2) is 29.4 Å². The molecular weight excluding hydrogens is 338 g/mol. The van der Waals surface area contributed by atoms with E-state index in [4.69, 9.17) is 4.74 Å². The van der Waals surface area contributed by atoms with E-state index in [1.165, 1.54) is 11.8 Å². The first kappa shape index (κ1) is 17.8. The van der Waals surface area contributed by atoms with Gasteiger partial charge in [0.15, 0.2) is 5.82 Å². The molecule has 8 heteroatoms. The maximum atomic E-state index is 12.3. The summed E-state index contributed by atoms with van der Waals surface area (Å²) in [6, 6.07) is 7.71. The van der Waals surface area contributed by atoms with E-state index in [0.717, 1.165) is 37.5 Å². The average molecular weight is 361 g/mol. The predicted molar refractivity (Wildman–Crippen MR) is 97.8 cm³/mol. The van der Waals surface area contributed by atoms with Crippen molar-refractivity contribution in [2.24, 2.45) is 0 Å². The highest BCUT2D eigenvalue weighted by molar-refractivity contribution is 7.99. The molecule has 0 unspecified atom stereocenters. The number of hydrogen-bond acceptors (Lipinski definition) is 6. The van der Waals surface area contributed by atoms with Gasteiger partial charge in [-0.1, -0.05) is 23.9 Å². The van der Waals surface area contributed by atoms with Gasteiger partial charge in [0, 0.05) is 26.2 Å². The SMILES string of the molecule is CCOc1ccccc1-c1nc(SCC(=O)N2CCN(C)CC2)n[nH]1. The van der Waals surface area contributed by atoms with Crippen LogP contribution in [-0.2, 0) is 4.79 Å². The Balaban J connectivity index is 1.60. The number of carbonyl (C=O) groups excluding carboxylic acids is 1. The molecule has 1 saturated heterocycles. The summed E-state index contributed by atoms with van der Waals surface area (Å²) >= 11 is 1.36. The zero-order valence-electron chi connectivity index (χ0n) is 14.6. The summed E-state index contributed by atoms with van der Waals surface area (Å²) in [7, 11) is 2.08. The average Bonchev–Trinajstić information content (AvgIpc) is 3.10. The molecule has 2 aromatic rings. The van der Waals surface area contributed by atoms with Gasteiger partial charge in [-0.15, -0.1) is 5.10 Å². The number of piperazine rings is 1. The third-order valence-corrected chi connectivity index (χ3v) is 4.92. The standard InChI is InChI=1S/C17H23N5O2S/c1-3-24-14-7-5-4-6-13(14)16-18-17(20-19-16)25-12-15(23)22-10-8-21(2)9-11-22/h4-7H,3,8-12H2,1-2H3,(H,18,19,20). The van der Waals surface area contributed by atoms with Crippen molar-refractivity contribution in [2.75, 3.05) is 45.6 Å². The first-order chi connectivity index (χ1) is 12.2. The highest BCUT2D eigenvalue weighted by atomic mass is 32.2. The predicted octanol–water partition coefficient (Wildman–Crippen LogP) is 1.74. The Labute approximate surface area is 151 Å². The number of nitrogens with zero attached hydrogens (tertiary/aromatic N) is 4. The quantitative estimate of drug-likeness (QED) is 0.790. The fraction of sp³-hybridized carbons (Fsp3) is 0.471. The van der Waals surface area contributed by atoms with Crippen LogP contribution >= 0.6 is 11.8 Å². The van der Waals surface area contributed by atoms with E-state index in [1.807, 2.05) is 36.1 Å². The number of rotatable bonds is 6. The highest BCUT2D eigenvalue weighted by Crippen LogP contribution is 2.28. The van der Waals surface area contributed by atoms with E-state index in [1.54, 1.807) is 0 Å². The molecule has 1 aromatic carbocycles. The summed E-state index contributed by atoms with van der Waals surface area (Å²) in [5.41, 5.74) is 0.870. The Bertz CT molecular complexity index is 713. The number of thioether (sulfide) groups is 1. The van der Waals surface area contributed by atoms with Crippen molar-refractivity contribution in [3.8, 4) is 17.1 Å². The van der Waals surface area contributed by atoms with Crippen LogP contribution in [0, 0.1) is 0 Å². The number of hydrogen-bond donors (Lipinski definition) is 1. The van der Waals surface area contributed by atoms with Gasteiger partial charge >= 0.3 is 0 Å². The number of amides is 1. The van der Waals surface area contributed by atoms with Crippen LogP contribution in [0.5, 0.6) is 5.75 Å². The van der Waals surface area contributed by atoms with Gasteiger partial charge in [-0.05, 0) is 26.1 Å². The van der Waals surface area contributed by atoms with Crippen molar-refractivity contribution in [3.63, 3.8) is 0 Å². The number of aromatic nitrogens is 3. The Kier molecular flexibility index (Phi) is 5.93. The number of nitrogens with one attached hydrogen (secondary N) is 1. The van der Waals surface area contributed by atoms with E-state index >= 15 is 0 Å². The monoisotopic (exact) mass is 361 g/mol. The number of benzene rings is 1. The molecule has 0 atom stereocenters. The summed E-state index contributed by atoms with van der Waals surface area (Å²) in [5.74, 6) is 1.91. The zero-order chi connectivity index (χ0) is 17.6. The lowest BCUT2D eigenvalue weighted by Gasteiger charge is -2.32. The Morgan fingerprint density at radius 2 is 2.04 bits per heavy atom. The number of carbonyl (C=O) groups is 1. The van der Waals surface area contributed by atoms with Gasteiger partial charge in [0.05, 0.1) is 17.9 Å². The lowest BCUT2D eigenvalue weighted by Crippen LogP contribution is -2.47. The summed E-state index contributed by atoms with van der Waals surface area (Å²) in [5, 5.41) is 7.72. The lowest BCUT2D eigenvalue weighted by molar-refractivity contribution is -0.129. The lowest BCUT2D eigenvalue weighted by atomic mass is 10.2. The van der Waals surface area contributed by atoms with Gasteiger partial charge in [-0.2, -0.15) is 0 Å². The first-order valence-corrected chi connectivity index (χ1v) is 9.39. The molecule has 134 valence electrons. The van der Waals surface area contributed by atoms with E-state index in [2.05, 4.69) is 27.1 Å². The number of H-pyrrole nitrogens is 1. The molecule has 1 aliphatic rings. The van der Waals surface area contributed by atoms with Crippen LogP contribution in [-0.4, -0.2) is 76.5 Å². The van der Waals surface area contributed by atoms with Gasteiger partial charge in [-0.25, -0.2) is 4.98 Å². The normalized spacial score (nSPS) is 15.4. The Hall–Kier alpha value is -2.06. The molecule has 0 bridgehead atoms. The summed E-state index contributed by atoms with van der Waals surface area (Å²) < 4.78 is 5.63. The second kappa shape index (κ2) is 8.35. The van der Waals surface area contributed by atoms with E-state index in [9.17, 15) is 4.79 Å². The van der Waals surface area contributed by atoms with E-state index in [-0.39, 0.29) is 5.91 Å². The molecule has 3 rings (SSSR count). The molecule has 1 fully saturated rings. The fourth-order valence-electron chi connectivity index (χ4n) is 2.65. The largest absolute Gasteiger partial charge is 0.493 e. The Morgan fingerprint density at radius 3 is 2.80 bits per heavy atom. The second-order valence-corrected chi connectivity index (χ2v) is 6.81. The molecular formula is C17H23N5O2S. The number of likely N-dealkylation sites (N-methyl/N-ethyl adjacent to an activating group) is 1. The number of ether oxygens (including phenoxy) is 1. The van der Waals surface area contributed by atoms with Crippen molar-refractivity contribution in [1.82, 2.24) is 25.0 Å². The van der Waals surface area contributed by atoms with Gasteiger partial charge in [-0.3, -0.25) is 9.89 Å². The fourth-order valence-corrected chi connectivity index (χ4v) is 3.35. The number of para-hydroxylation sites is 1. The molecule has 7 nitrogen and oxygen atoms in total. The molecule has 0 aliphatic carbocycles. The van der Waals surface area contributed by atoms with Crippen LogP contribution in [0.3, 0.4) is 0 Å². The minimum absolute atomic E-state index is 0.138. The molecule has 1 aromatic heterocycles. The summed E-state index contributed by atoms with van der Waals surface area (Å²) in [4.78, 5) is 20.9. The zero-order valence-corrected chi connectivity index (χ0v) is 15.4. The van der Waals surface area contributed by atoms with E-state index in [0.29, 0.717) is 23.3 Å². The molecule has 0 radical (unpaired) electrons. The molecule has 25 heavy (non-hydrogen) atoms. The van der Waals surface area contributed by atoms with Gasteiger partial charge in [0.25, 0.3) is 0 Å². The van der Waals surface area contributed by atoms with Crippen LogP contribution < -0.4 is 4.74 Å². The highest BCUT2D eigenvalue weighted by Gasteiger charge is 2.20. The minimum Gasteiger partial charge on any atom is -0.493 e. The van der Waals surface area contributed by atoms with Crippen molar-refractivity contribution < 1.29 is 9.53 Å². The molecule has 1 amide bonds. The maximum absolute atomic E-state index is 12.3. The van der Waals surface area contributed by atoms with Crippen LogP contribution in [0.2, 0.25) is 0 Å². The summed E-state index contributed by atoms with van der Waals surface area (Å²) in [6.07, 6.45) is 0. The molecule has 1 aliphatic heterocycles. The first-order valence-electron chi connectivity index (χ1n) is 8.41. The molecule has 2 heterocycles. The Morgan fingerprint density at radius 1 is 1.28 bits per heavy atom. The van der Waals surface area contributed by atoms with Crippen LogP contribution in [0.1, 0.15) is 6.92 Å². The minimum atomic E-state index is 0.138. The second-order valence-electron chi connectivity index (χ2n) is 5.87. The van der Waals surface area contributed by atoms with Crippen molar-refractivity contribution in [1.29, 1.82) is 0 Å². The van der Waals surface area contributed by atoms with Gasteiger partial charge in [0.1, 0.15) is 5.75 Å². The van der Waals surface area contributed by atoms with Crippen LogP contribution in [0.4, 0.5) is 0 Å². The molecule has 0 spiro atoms. The van der Waals surface area contributed by atoms with Crippen molar-refractivity contribution >= 4 is 17.7 Å². The molecule has 0 saturated carbocycles. The van der Waals surface area contributed by atoms with E-state index < -0.39 is 0 Å². The summed E-state index contributed by atoms with van der Waals surface area (Å²) in [6.45, 7) is 5.97. The van der Waals surface area contributed by atoms with Crippen molar-refractivity contribution in [3.05, 3.63) is 24.3 Å². The van der Waals surface area contributed by atoms with Crippen molar-refractivity contribution in [2.45, 2.75) is 12.1 Å². The topological polar surface area (TPSA) is 74.3 Å². The third-order valence-electron chi connectivity index (χ3n) is 4.09. The molecule has 1 N–H and O–H groups in total. The third kappa shape index (κ3) is 4.52.